The molecule has 0 aliphatic heterocycles. The molecule has 3 rings (SSSR count). The van der Waals surface area contributed by atoms with E-state index < -0.39 is 11.7 Å². The van der Waals surface area contributed by atoms with Crippen molar-refractivity contribution in [3.05, 3.63) is 71.9 Å². The van der Waals surface area contributed by atoms with E-state index in [9.17, 15) is 13.2 Å². The molecule has 0 aliphatic rings. The van der Waals surface area contributed by atoms with Crippen LogP contribution >= 0.6 is 0 Å². The maximum Gasteiger partial charge on any atom is 0.416 e. The van der Waals surface area contributed by atoms with Gasteiger partial charge in [-0.3, -0.25) is 0 Å². The molecule has 1 heterocycles. The summed E-state index contributed by atoms with van der Waals surface area (Å²) in [6, 6.07) is 14.5. The van der Waals surface area contributed by atoms with Gasteiger partial charge in [0.2, 0.25) is 0 Å². The van der Waals surface area contributed by atoms with Crippen LogP contribution in [-0.4, -0.2) is 12.1 Å². The lowest BCUT2D eigenvalue weighted by Gasteiger charge is -2.12. The minimum atomic E-state index is -4.39. The predicted molar refractivity (Wildman–Crippen MR) is 95.2 cm³/mol. The van der Waals surface area contributed by atoms with Crippen LogP contribution in [-0.2, 0) is 17.5 Å². The van der Waals surface area contributed by atoms with Gasteiger partial charge in [0, 0.05) is 24.4 Å². The molecule has 0 bridgehead atoms. The largest absolute Gasteiger partial charge is 0.416 e. The summed E-state index contributed by atoms with van der Waals surface area (Å²) >= 11 is 0. The Hall–Kier alpha value is -2.86. The molecular formula is C20H17F3N2O. The lowest BCUT2D eigenvalue weighted by atomic mass is 9.99. The topological polar surface area (TPSA) is 48.1 Å². The molecule has 3 aromatic rings. The van der Waals surface area contributed by atoms with Gasteiger partial charge in [-0.25, -0.2) is 4.98 Å². The normalized spacial score (nSPS) is 11.5. The average molecular weight is 358 g/mol. The Kier molecular flexibility index (Phi) is 4.95. The molecule has 1 aromatic heterocycles. The number of nitrogens with zero attached hydrogens (tertiary/aromatic N) is 1. The van der Waals surface area contributed by atoms with E-state index in [2.05, 4.69) is 4.98 Å². The molecule has 0 saturated heterocycles. The molecule has 0 aliphatic carbocycles. The summed E-state index contributed by atoms with van der Waals surface area (Å²) in [5.41, 5.74) is 8.76. The Bertz CT molecular complexity index is 923. The maximum atomic E-state index is 13.0. The zero-order valence-electron chi connectivity index (χ0n) is 14.0. The molecule has 6 heteroatoms. The second-order valence-corrected chi connectivity index (χ2v) is 5.87. The monoisotopic (exact) mass is 358 g/mol. The van der Waals surface area contributed by atoms with Gasteiger partial charge in [-0.15, -0.1) is 0 Å². The maximum absolute atomic E-state index is 13.0. The predicted octanol–water partition coefficient (Wildman–Crippen LogP) is 5.16. The molecule has 0 fully saturated rings. The molecule has 0 atom stereocenters. The van der Waals surface area contributed by atoms with Crippen molar-refractivity contribution in [1.82, 2.24) is 4.98 Å². The van der Waals surface area contributed by atoms with Crippen molar-refractivity contribution < 1.29 is 17.9 Å². The van der Waals surface area contributed by atoms with Crippen molar-refractivity contribution in [2.75, 3.05) is 12.8 Å². The zero-order valence-corrected chi connectivity index (χ0v) is 14.0. The number of aromatic nitrogens is 1. The minimum Gasteiger partial charge on any atom is -0.383 e. The summed E-state index contributed by atoms with van der Waals surface area (Å²) in [6.45, 7) is 0.453. The number of rotatable bonds is 4. The van der Waals surface area contributed by atoms with Crippen molar-refractivity contribution in [3.63, 3.8) is 0 Å². The molecule has 2 aromatic carbocycles. The molecule has 2 N–H and O–H groups in total. The number of benzene rings is 2. The highest BCUT2D eigenvalue weighted by molar-refractivity contribution is 5.79. The molecule has 26 heavy (non-hydrogen) atoms. The summed E-state index contributed by atoms with van der Waals surface area (Å²) in [7, 11) is 1.61. The number of methoxy groups -OCH3 is 1. The number of ether oxygens (including phenoxy) is 1. The first-order valence-electron chi connectivity index (χ1n) is 7.90. The zero-order chi connectivity index (χ0) is 18.7. The standard InChI is InChI=1S/C20H17F3N2O/c1-26-12-13-4-2-6-15(8-13)18-10-16(11-25-19(18)24)14-5-3-7-17(9-14)20(21,22)23/h2-11H,12H2,1H3,(H2,24,25). The Morgan fingerprint density at radius 1 is 0.962 bits per heavy atom. The second kappa shape index (κ2) is 7.17. The summed E-state index contributed by atoms with van der Waals surface area (Å²) in [6.07, 6.45) is -2.91. The van der Waals surface area contributed by atoms with E-state index in [0.29, 0.717) is 29.1 Å². The van der Waals surface area contributed by atoms with Crippen molar-refractivity contribution in [3.8, 4) is 22.3 Å². The van der Waals surface area contributed by atoms with Gasteiger partial charge in [0.05, 0.1) is 12.2 Å². The van der Waals surface area contributed by atoms with E-state index >= 15 is 0 Å². The van der Waals surface area contributed by atoms with Crippen LogP contribution in [0.25, 0.3) is 22.3 Å². The Labute approximate surface area is 149 Å². The highest BCUT2D eigenvalue weighted by Crippen LogP contribution is 2.34. The van der Waals surface area contributed by atoms with Crippen LogP contribution in [0.4, 0.5) is 19.0 Å². The molecule has 0 saturated carbocycles. The van der Waals surface area contributed by atoms with E-state index in [-0.39, 0.29) is 0 Å². The van der Waals surface area contributed by atoms with Gasteiger partial charge in [-0.1, -0.05) is 30.3 Å². The average Bonchev–Trinajstić information content (AvgIpc) is 2.62. The lowest BCUT2D eigenvalue weighted by Crippen LogP contribution is -2.04. The first-order valence-corrected chi connectivity index (χ1v) is 7.90. The van der Waals surface area contributed by atoms with Gasteiger partial charge < -0.3 is 10.5 Å². The van der Waals surface area contributed by atoms with Gasteiger partial charge in [-0.05, 0) is 41.0 Å². The second-order valence-electron chi connectivity index (χ2n) is 5.87. The third kappa shape index (κ3) is 3.86. The number of nitrogens with two attached hydrogens (primary N) is 1. The van der Waals surface area contributed by atoms with E-state index in [0.717, 1.165) is 23.3 Å². The van der Waals surface area contributed by atoms with Gasteiger partial charge in [0.15, 0.2) is 0 Å². The fourth-order valence-electron chi connectivity index (χ4n) is 2.73. The van der Waals surface area contributed by atoms with Crippen LogP contribution in [0.1, 0.15) is 11.1 Å². The lowest BCUT2D eigenvalue weighted by molar-refractivity contribution is -0.137. The van der Waals surface area contributed by atoms with Crippen molar-refractivity contribution >= 4 is 5.82 Å². The summed E-state index contributed by atoms with van der Waals surface area (Å²) in [5.74, 6) is 0.315. The van der Waals surface area contributed by atoms with Gasteiger partial charge in [-0.2, -0.15) is 13.2 Å². The van der Waals surface area contributed by atoms with Crippen molar-refractivity contribution in [2.24, 2.45) is 0 Å². The smallest absolute Gasteiger partial charge is 0.383 e. The first-order chi connectivity index (χ1) is 12.4. The van der Waals surface area contributed by atoms with Gasteiger partial charge in [0.25, 0.3) is 0 Å². The van der Waals surface area contributed by atoms with E-state index in [1.807, 2.05) is 24.3 Å². The number of anilines is 1. The van der Waals surface area contributed by atoms with E-state index in [1.165, 1.54) is 12.3 Å². The minimum absolute atomic E-state index is 0.315. The number of halogens is 3. The van der Waals surface area contributed by atoms with Gasteiger partial charge >= 0.3 is 6.18 Å². The van der Waals surface area contributed by atoms with Crippen molar-refractivity contribution in [2.45, 2.75) is 12.8 Å². The fraction of sp³-hybridized carbons (Fsp3) is 0.150. The van der Waals surface area contributed by atoms with Gasteiger partial charge in [0.1, 0.15) is 5.82 Å². The first kappa shape index (κ1) is 17.9. The van der Waals surface area contributed by atoms with E-state index in [1.54, 1.807) is 19.2 Å². The third-order valence-corrected chi connectivity index (χ3v) is 3.99. The molecule has 134 valence electrons. The summed E-state index contributed by atoms with van der Waals surface area (Å²) < 4.78 is 44.0. The van der Waals surface area contributed by atoms with E-state index in [4.69, 9.17) is 10.5 Å². The van der Waals surface area contributed by atoms with Crippen LogP contribution in [0.2, 0.25) is 0 Å². The van der Waals surface area contributed by atoms with Crippen LogP contribution in [0.5, 0.6) is 0 Å². The molecule has 0 spiro atoms. The Balaban J connectivity index is 2.05. The molecule has 0 amide bonds. The van der Waals surface area contributed by atoms with Crippen LogP contribution in [0.15, 0.2) is 60.8 Å². The summed E-state index contributed by atoms with van der Waals surface area (Å²) in [4.78, 5) is 4.16. The molecule has 0 radical (unpaired) electrons. The van der Waals surface area contributed by atoms with Crippen molar-refractivity contribution in [1.29, 1.82) is 0 Å². The number of hydrogen-bond donors (Lipinski definition) is 1. The third-order valence-electron chi connectivity index (χ3n) is 3.99. The van der Waals surface area contributed by atoms with Crippen LogP contribution < -0.4 is 5.73 Å². The Morgan fingerprint density at radius 2 is 1.69 bits per heavy atom. The molecule has 0 unspecified atom stereocenters. The SMILES string of the molecule is COCc1cccc(-c2cc(-c3cccc(C(F)(F)F)c3)cnc2N)c1. The quantitative estimate of drug-likeness (QED) is 0.700. The van der Waals surface area contributed by atoms with Crippen LogP contribution in [0, 0.1) is 0 Å². The molecular weight excluding hydrogens is 341 g/mol. The highest BCUT2D eigenvalue weighted by Gasteiger charge is 2.30. The van der Waals surface area contributed by atoms with Crippen LogP contribution in [0.3, 0.4) is 0 Å². The number of pyridine rings is 1. The number of nitrogen functional groups attached to an aromatic ring is 1. The Morgan fingerprint density at radius 3 is 2.42 bits per heavy atom. The summed E-state index contributed by atoms with van der Waals surface area (Å²) in [5, 5.41) is 0. The number of alkyl halides is 3. The fourth-order valence-corrected chi connectivity index (χ4v) is 2.73. The molecule has 3 nitrogen and oxygen atoms in total. The number of hydrogen-bond acceptors (Lipinski definition) is 3. The highest BCUT2D eigenvalue weighted by atomic mass is 19.4.